The highest BCUT2D eigenvalue weighted by atomic mass is 35.5. The van der Waals surface area contributed by atoms with E-state index in [1.54, 1.807) is 41.7 Å². The van der Waals surface area contributed by atoms with Crippen molar-refractivity contribution in [1.82, 2.24) is 9.55 Å². The van der Waals surface area contributed by atoms with E-state index in [2.05, 4.69) is 11.9 Å². The second-order valence-electron chi connectivity index (χ2n) is 5.25. The van der Waals surface area contributed by atoms with E-state index in [1.165, 1.54) is 0 Å². The molecule has 0 bridgehead atoms. The van der Waals surface area contributed by atoms with Gasteiger partial charge in [-0.05, 0) is 18.6 Å². The SMILES string of the molecule is CCCCOC(COC=Cn1ccnc1)c1ccc(Cl)cc1Cl.O=[N+]([O-])O. The number of aromatic nitrogens is 2. The smallest absolute Gasteiger partial charge is 0.291 e. The topological polar surface area (TPSA) is 99.7 Å². The molecule has 27 heavy (non-hydrogen) atoms. The molecule has 2 rings (SSSR count). The Kier molecular flexibility index (Phi) is 10.9. The summed E-state index contributed by atoms with van der Waals surface area (Å²) in [6, 6.07) is 5.40. The molecule has 1 aromatic carbocycles. The maximum absolute atomic E-state index is 8.36. The molecule has 1 N–H and O–H groups in total. The summed E-state index contributed by atoms with van der Waals surface area (Å²) >= 11 is 12.2. The molecule has 0 saturated carbocycles. The fourth-order valence-corrected chi connectivity index (χ4v) is 2.50. The lowest BCUT2D eigenvalue weighted by Gasteiger charge is -2.19. The summed E-state index contributed by atoms with van der Waals surface area (Å²) in [7, 11) is 0. The third-order valence-electron chi connectivity index (χ3n) is 3.23. The molecule has 8 nitrogen and oxygen atoms in total. The number of nitrogens with zero attached hydrogens (tertiary/aromatic N) is 3. The van der Waals surface area contributed by atoms with Gasteiger partial charge in [0.1, 0.15) is 12.7 Å². The third kappa shape index (κ3) is 9.83. The minimum Gasteiger partial charge on any atom is -0.497 e. The van der Waals surface area contributed by atoms with Crippen molar-refractivity contribution >= 4 is 29.4 Å². The van der Waals surface area contributed by atoms with Crippen LogP contribution >= 0.6 is 23.2 Å². The van der Waals surface area contributed by atoms with Gasteiger partial charge in [0, 0.05) is 40.8 Å². The summed E-state index contributed by atoms with van der Waals surface area (Å²) in [5, 5.41) is 14.8. The first-order valence-corrected chi connectivity index (χ1v) is 8.85. The third-order valence-corrected chi connectivity index (χ3v) is 3.79. The van der Waals surface area contributed by atoms with E-state index in [0.717, 1.165) is 18.4 Å². The highest BCUT2D eigenvalue weighted by Gasteiger charge is 2.16. The first-order chi connectivity index (χ1) is 12.9. The molecular weight excluding hydrogens is 397 g/mol. The Hall–Kier alpha value is -2.29. The molecule has 10 heteroatoms. The number of imidazole rings is 1. The van der Waals surface area contributed by atoms with Gasteiger partial charge in [0.25, 0.3) is 5.09 Å². The van der Waals surface area contributed by atoms with E-state index in [9.17, 15) is 0 Å². The van der Waals surface area contributed by atoms with Gasteiger partial charge < -0.3 is 19.2 Å². The lowest BCUT2D eigenvalue weighted by molar-refractivity contribution is -0.742. The molecular formula is C17H21Cl2N3O5. The maximum atomic E-state index is 8.36. The highest BCUT2D eigenvalue weighted by molar-refractivity contribution is 6.35. The van der Waals surface area contributed by atoms with Crippen molar-refractivity contribution in [3.05, 3.63) is 68.9 Å². The summed E-state index contributed by atoms with van der Waals surface area (Å²) in [5.41, 5.74) is 0.878. The van der Waals surface area contributed by atoms with E-state index < -0.39 is 5.09 Å². The molecule has 0 aliphatic rings. The highest BCUT2D eigenvalue weighted by Crippen LogP contribution is 2.29. The van der Waals surface area contributed by atoms with Crippen molar-refractivity contribution in [2.75, 3.05) is 13.2 Å². The summed E-state index contributed by atoms with van der Waals surface area (Å²) in [6.45, 7) is 3.16. The molecule has 0 saturated heterocycles. The van der Waals surface area contributed by atoms with E-state index in [1.807, 2.05) is 12.3 Å². The number of unbranched alkanes of at least 4 members (excludes halogenated alkanes) is 1. The monoisotopic (exact) mass is 417 g/mol. The van der Waals surface area contributed by atoms with Gasteiger partial charge in [-0.3, -0.25) is 0 Å². The number of hydrogen-bond acceptors (Lipinski definition) is 5. The summed E-state index contributed by atoms with van der Waals surface area (Å²) in [5.74, 6) is 0. The zero-order valence-electron chi connectivity index (χ0n) is 14.7. The van der Waals surface area contributed by atoms with E-state index in [0.29, 0.717) is 23.3 Å². The minimum absolute atomic E-state index is 0.237. The van der Waals surface area contributed by atoms with Crippen molar-refractivity contribution < 1.29 is 19.8 Å². The first-order valence-electron chi connectivity index (χ1n) is 8.09. The maximum Gasteiger partial charge on any atom is 0.291 e. The lowest BCUT2D eigenvalue weighted by Crippen LogP contribution is -2.12. The first kappa shape index (κ1) is 22.8. The van der Waals surface area contributed by atoms with Crippen molar-refractivity contribution in [2.24, 2.45) is 0 Å². The number of halogens is 2. The molecule has 1 unspecified atom stereocenters. The molecule has 0 fully saturated rings. The normalized spacial score (nSPS) is 11.7. The van der Waals surface area contributed by atoms with Crippen LogP contribution in [0.2, 0.25) is 10.0 Å². The van der Waals surface area contributed by atoms with Gasteiger partial charge in [0.15, 0.2) is 0 Å². The average molecular weight is 418 g/mol. The summed E-state index contributed by atoms with van der Waals surface area (Å²) < 4.78 is 13.3. The van der Waals surface area contributed by atoms with Crippen LogP contribution in [0.15, 0.2) is 43.2 Å². The van der Waals surface area contributed by atoms with Crippen LogP contribution in [0.4, 0.5) is 0 Å². The van der Waals surface area contributed by atoms with Crippen LogP contribution in [0.1, 0.15) is 31.4 Å². The van der Waals surface area contributed by atoms with Crippen LogP contribution in [0.3, 0.4) is 0 Å². The Bertz CT molecular complexity index is 707. The lowest BCUT2D eigenvalue weighted by atomic mass is 10.1. The van der Waals surface area contributed by atoms with Crippen molar-refractivity contribution in [3.63, 3.8) is 0 Å². The summed E-state index contributed by atoms with van der Waals surface area (Å²) in [6.07, 6.45) is 10.4. The largest absolute Gasteiger partial charge is 0.497 e. The number of hydrogen-bond donors (Lipinski definition) is 1. The fraction of sp³-hybridized carbons (Fsp3) is 0.353. The fourth-order valence-electron chi connectivity index (χ4n) is 1.97. The van der Waals surface area contributed by atoms with E-state index in [-0.39, 0.29) is 6.10 Å². The Balaban J connectivity index is 0.000000828. The summed E-state index contributed by atoms with van der Waals surface area (Å²) in [4.78, 5) is 12.3. The zero-order valence-corrected chi connectivity index (χ0v) is 16.2. The van der Waals surface area contributed by atoms with Gasteiger partial charge in [-0.25, -0.2) is 4.98 Å². The zero-order chi connectivity index (χ0) is 20.1. The van der Waals surface area contributed by atoms with Crippen LogP contribution in [0, 0.1) is 10.1 Å². The van der Waals surface area contributed by atoms with Gasteiger partial charge in [-0.2, -0.15) is 0 Å². The van der Waals surface area contributed by atoms with Crippen LogP contribution in [0.5, 0.6) is 0 Å². The minimum atomic E-state index is -1.50. The molecule has 1 aromatic heterocycles. The Morgan fingerprint density at radius 3 is 2.78 bits per heavy atom. The second-order valence-corrected chi connectivity index (χ2v) is 6.09. The molecule has 0 spiro atoms. The quantitative estimate of drug-likeness (QED) is 0.271. The second kappa shape index (κ2) is 13.0. The van der Waals surface area contributed by atoms with Crippen molar-refractivity contribution in [1.29, 1.82) is 0 Å². The predicted octanol–water partition coefficient (Wildman–Crippen LogP) is 4.85. The van der Waals surface area contributed by atoms with Gasteiger partial charge in [-0.15, -0.1) is 10.1 Å². The molecule has 0 aliphatic carbocycles. The number of ether oxygens (including phenoxy) is 2. The van der Waals surface area contributed by atoms with Gasteiger partial charge in [-0.1, -0.05) is 42.6 Å². The van der Waals surface area contributed by atoms with Crippen LogP contribution in [0.25, 0.3) is 6.20 Å². The molecule has 0 aliphatic heterocycles. The molecule has 0 amide bonds. The Morgan fingerprint density at radius 2 is 2.19 bits per heavy atom. The van der Waals surface area contributed by atoms with Crippen LogP contribution < -0.4 is 0 Å². The molecule has 1 atom stereocenters. The Labute approximate surface area is 167 Å². The standard InChI is InChI=1S/C17H20Cl2N2O2.HNO3/c1-2-3-9-23-17(15-5-4-14(18)11-16(15)19)12-22-10-8-21-7-6-20-13-21;2-1(3)4/h4-8,10-11,13,17H,2-3,9,12H2,1H3;(H,2,3,4). The van der Waals surface area contributed by atoms with Crippen molar-refractivity contribution in [2.45, 2.75) is 25.9 Å². The van der Waals surface area contributed by atoms with Gasteiger partial charge in [0.05, 0.1) is 12.6 Å². The van der Waals surface area contributed by atoms with Crippen molar-refractivity contribution in [3.8, 4) is 0 Å². The molecule has 148 valence electrons. The van der Waals surface area contributed by atoms with Crippen LogP contribution in [-0.4, -0.2) is 33.1 Å². The number of benzene rings is 1. The average Bonchev–Trinajstić information content (AvgIpc) is 3.10. The molecule has 0 radical (unpaired) electrons. The molecule has 2 aromatic rings. The number of rotatable bonds is 9. The van der Waals surface area contributed by atoms with E-state index in [4.69, 9.17) is 48.0 Å². The van der Waals surface area contributed by atoms with E-state index >= 15 is 0 Å². The van der Waals surface area contributed by atoms with Gasteiger partial charge in [0.2, 0.25) is 0 Å². The van der Waals surface area contributed by atoms with Gasteiger partial charge >= 0.3 is 0 Å². The predicted molar refractivity (Wildman–Crippen MR) is 102 cm³/mol. The Morgan fingerprint density at radius 1 is 1.44 bits per heavy atom. The van der Waals surface area contributed by atoms with Crippen LogP contribution in [-0.2, 0) is 9.47 Å². The molecule has 1 heterocycles.